The molecule has 106 valence electrons. The molecule has 19 heavy (non-hydrogen) atoms. The molecule has 2 saturated heterocycles. The third-order valence-corrected chi connectivity index (χ3v) is 4.23. The van der Waals surface area contributed by atoms with E-state index in [0.29, 0.717) is 12.0 Å². The van der Waals surface area contributed by atoms with Gasteiger partial charge in [-0.2, -0.15) is 4.98 Å². The third-order valence-electron chi connectivity index (χ3n) is 4.23. The number of rotatable bonds is 4. The summed E-state index contributed by atoms with van der Waals surface area (Å²) in [4.78, 5) is 7.03. The van der Waals surface area contributed by atoms with Crippen molar-refractivity contribution in [3.05, 3.63) is 11.7 Å². The van der Waals surface area contributed by atoms with Gasteiger partial charge in [-0.15, -0.1) is 0 Å². The summed E-state index contributed by atoms with van der Waals surface area (Å²) in [5.41, 5.74) is 0. The Labute approximate surface area is 114 Å². The molecule has 0 radical (unpaired) electrons. The van der Waals surface area contributed by atoms with Gasteiger partial charge < -0.3 is 9.84 Å². The largest absolute Gasteiger partial charge is 0.338 e. The van der Waals surface area contributed by atoms with Crippen molar-refractivity contribution in [3.8, 4) is 0 Å². The fourth-order valence-electron chi connectivity index (χ4n) is 3.34. The predicted molar refractivity (Wildman–Crippen MR) is 72.6 cm³/mol. The zero-order valence-electron chi connectivity index (χ0n) is 11.9. The lowest BCUT2D eigenvalue weighted by Crippen LogP contribution is -2.44. The van der Waals surface area contributed by atoms with E-state index >= 15 is 0 Å². The van der Waals surface area contributed by atoms with Gasteiger partial charge in [-0.05, 0) is 37.8 Å². The van der Waals surface area contributed by atoms with Crippen molar-refractivity contribution in [2.24, 2.45) is 11.8 Å². The van der Waals surface area contributed by atoms with Crippen LogP contribution in [-0.2, 0) is 13.0 Å². The van der Waals surface area contributed by atoms with E-state index in [0.717, 1.165) is 43.7 Å². The van der Waals surface area contributed by atoms with Crippen LogP contribution >= 0.6 is 0 Å². The van der Waals surface area contributed by atoms with Gasteiger partial charge in [0, 0.05) is 19.0 Å². The van der Waals surface area contributed by atoms with Gasteiger partial charge in [-0.3, -0.25) is 4.90 Å². The molecule has 0 bridgehead atoms. The van der Waals surface area contributed by atoms with Crippen molar-refractivity contribution in [2.45, 2.75) is 45.7 Å². The first kappa shape index (κ1) is 13.1. The van der Waals surface area contributed by atoms with Crippen molar-refractivity contribution >= 4 is 0 Å². The average molecular weight is 264 g/mol. The number of aromatic nitrogens is 2. The highest BCUT2D eigenvalue weighted by Gasteiger charge is 2.35. The maximum Gasteiger partial charge on any atom is 0.240 e. The molecule has 2 unspecified atom stereocenters. The molecular weight excluding hydrogens is 240 g/mol. The summed E-state index contributed by atoms with van der Waals surface area (Å²) in [5, 5.41) is 7.58. The van der Waals surface area contributed by atoms with Crippen molar-refractivity contribution in [1.82, 2.24) is 20.4 Å². The zero-order valence-corrected chi connectivity index (χ0v) is 11.9. The van der Waals surface area contributed by atoms with Crippen LogP contribution in [0.5, 0.6) is 0 Å². The van der Waals surface area contributed by atoms with Crippen LogP contribution < -0.4 is 5.32 Å². The second-order valence-corrected chi connectivity index (χ2v) is 6.30. The predicted octanol–water partition coefficient (Wildman–Crippen LogP) is 1.45. The van der Waals surface area contributed by atoms with Gasteiger partial charge in [0.1, 0.15) is 0 Å². The average Bonchev–Trinajstić information content (AvgIpc) is 2.98. The van der Waals surface area contributed by atoms with E-state index in [-0.39, 0.29) is 0 Å². The SMILES string of the molecule is CC(C)Cc1noc(CN2CCCC3CNCC32)n1. The van der Waals surface area contributed by atoms with Crippen molar-refractivity contribution in [3.63, 3.8) is 0 Å². The molecule has 3 heterocycles. The first-order chi connectivity index (χ1) is 9.22. The standard InChI is InChI=1S/C14H24N4O/c1-10(2)6-13-16-14(19-17-13)9-18-5-3-4-11-7-15-8-12(11)18/h10-12,15H,3-9H2,1-2H3. The molecule has 0 amide bonds. The minimum absolute atomic E-state index is 0.573. The Morgan fingerprint density at radius 3 is 3.16 bits per heavy atom. The summed E-state index contributed by atoms with van der Waals surface area (Å²) >= 11 is 0. The first-order valence-electron chi connectivity index (χ1n) is 7.48. The van der Waals surface area contributed by atoms with Crippen LogP contribution in [0.2, 0.25) is 0 Å². The lowest BCUT2D eigenvalue weighted by atomic mass is 9.92. The molecule has 3 rings (SSSR count). The number of piperidine rings is 1. The molecule has 5 heteroatoms. The summed E-state index contributed by atoms with van der Waals surface area (Å²) in [6.45, 7) is 8.60. The fraction of sp³-hybridized carbons (Fsp3) is 0.857. The Hall–Kier alpha value is -0.940. The smallest absolute Gasteiger partial charge is 0.240 e. The van der Waals surface area contributed by atoms with E-state index in [1.807, 2.05) is 0 Å². The number of fused-ring (bicyclic) bond motifs is 1. The lowest BCUT2D eigenvalue weighted by Gasteiger charge is -2.35. The monoisotopic (exact) mass is 264 g/mol. The van der Waals surface area contributed by atoms with E-state index in [1.165, 1.54) is 19.4 Å². The van der Waals surface area contributed by atoms with Gasteiger partial charge in [0.15, 0.2) is 5.82 Å². The van der Waals surface area contributed by atoms with E-state index in [9.17, 15) is 0 Å². The molecule has 1 N–H and O–H groups in total. The number of hydrogen-bond acceptors (Lipinski definition) is 5. The van der Waals surface area contributed by atoms with Crippen LogP contribution in [0.15, 0.2) is 4.52 Å². The Bertz CT molecular complexity index is 417. The van der Waals surface area contributed by atoms with Crippen molar-refractivity contribution in [2.75, 3.05) is 19.6 Å². The van der Waals surface area contributed by atoms with Crippen LogP contribution in [0.1, 0.15) is 38.4 Å². The van der Waals surface area contributed by atoms with Gasteiger partial charge in [-0.25, -0.2) is 0 Å². The quantitative estimate of drug-likeness (QED) is 0.892. The van der Waals surface area contributed by atoms with E-state index < -0.39 is 0 Å². The Morgan fingerprint density at radius 1 is 1.42 bits per heavy atom. The van der Waals surface area contributed by atoms with E-state index in [2.05, 4.69) is 34.2 Å². The third kappa shape index (κ3) is 2.98. The molecule has 2 aliphatic heterocycles. The van der Waals surface area contributed by atoms with Crippen LogP contribution in [-0.4, -0.2) is 40.7 Å². The van der Waals surface area contributed by atoms with Gasteiger partial charge in [-0.1, -0.05) is 19.0 Å². The molecule has 0 aromatic carbocycles. The number of nitrogens with zero attached hydrogens (tertiary/aromatic N) is 3. The van der Waals surface area contributed by atoms with Gasteiger partial charge in [0.2, 0.25) is 5.89 Å². The van der Waals surface area contributed by atoms with Crippen LogP contribution in [0.25, 0.3) is 0 Å². The number of hydrogen-bond donors (Lipinski definition) is 1. The Kier molecular flexibility index (Phi) is 3.84. The molecule has 2 atom stereocenters. The van der Waals surface area contributed by atoms with Crippen LogP contribution in [0, 0.1) is 11.8 Å². The summed E-state index contributed by atoms with van der Waals surface area (Å²) in [6.07, 6.45) is 3.55. The zero-order chi connectivity index (χ0) is 13.2. The summed E-state index contributed by atoms with van der Waals surface area (Å²) in [6, 6.07) is 0.661. The number of likely N-dealkylation sites (tertiary alicyclic amines) is 1. The molecular formula is C14H24N4O. The van der Waals surface area contributed by atoms with Gasteiger partial charge in [0.25, 0.3) is 0 Å². The summed E-state index contributed by atoms with van der Waals surface area (Å²) in [7, 11) is 0. The van der Waals surface area contributed by atoms with Crippen molar-refractivity contribution in [1.29, 1.82) is 0 Å². The highest BCUT2D eigenvalue weighted by Crippen LogP contribution is 2.27. The second-order valence-electron chi connectivity index (χ2n) is 6.30. The summed E-state index contributed by atoms with van der Waals surface area (Å²) in [5.74, 6) is 3.02. The first-order valence-corrected chi connectivity index (χ1v) is 7.48. The highest BCUT2D eigenvalue weighted by molar-refractivity contribution is 4.95. The molecule has 1 aromatic heterocycles. The minimum Gasteiger partial charge on any atom is -0.338 e. The molecule has 1 aromatic rings. The Morgan fingerprint density at radius 2 is 2.32 bits per heavy atom. The highest BCUT2D eigenvalue weighted by atomic mass is 16.5. The van der Waals surface area contributed by atoms with Crippen LogP contribution in [0.3, 0.4) is 0 Å². The minimum atomic E-state index is 0.573. The fourth-order valence-corrected chi connectivity index (χ4v) is 3.34. The van der Waals surface area contributed by atoms with E-state index in [4.69, 9.17) is 4.52 Å². The lowest BCUT2D eigenvalue weighted by molar-refractivity contribution is 0.104. The van der Waals surface area contributed by atoms with Crippen LogP contribution in [0.4, 0.5) is 0 Å². The molecule has 2 fully saturated rings. The topological polar surface area (TPSA) is 54.2 Å². The molecule has 2 aliphatic rings. The Balaban J connectivity index is 1.62. The molecule has 5 nitrogen and oxygen atoms in total. The summed E-state index contributed by atoms with van der Waals surface area (Å²) < 4.78 is 5.39. The number of nitrogens with one attached hydrogen (secondary N) is 1. The maximum absolute atomic E-state index is 5.39. The molecule has 0 saturated carbocycles. The van der Waals surface area contributed by atoms with Gasteiger partial charge >= 0.3 is 0 Å². The van der Waals surface area contributed by atoms with Gasteiger partial charge in [0.05, 0.1) is 6.54 Å². The van der Waals surface area contributed by atoms with E-state index in [1.54, 1.807) is 0 Å². The second kappa shape index (κ2) is 5.59. The normalized spacial score (nSPS) is 27.9. The molecule has 0 spiro atoms. The van der Waals surface area contributed by atoms with Crippen molar-refractivity contribution < 1.29 is 4.52 Å². The maximum atomic E-state index is 5.39. The molecule has 0 aliphatic carbocycles.